The smallest absolute Gasteiger partial charge is 0.253 e. The maximum Gasteiger partial charge on any atom is 0.253 e. The van der Waals surface area contributed by atoms with E-state index >= 15 is 0 Å². The Hall–Kier alpha value is -3.81. The summed E-state index contributed by atoms with van der Waals surface area (Å²) in [6, 6.07) is 15.6. The van der Waals surface area contributed by atoms with Gasteiger partial charge in [0.2, 0.25) is 0 Å². The molecule has 7 nitrogen and oxygen atoms in total. The van der Waals surface area contributed by atoms with E-state index < -0.39 is 0 Å². The summed E-state index contributed by atoms with van der Waals surface area (Å²) >= 11 is 0. The fraction of sp³-hybridized carbons (Fsp3) is 0.250. The molecule has 0 aliphatic carbocycles. The fourth-order valence-electron chi connectivity index (χ4n) is 4.14. The first-order chi connectivity index (χ1) is 15.5. The van der Waals surface area contributed by atoms with Gasteiger partial charge in [0.05, 0.1) is 16.8 Å². The molecule has 2 aromatic heterocycles. The van der Waals surface area contributed by atoms with Gasteiger partial charge in [-0.1, -0.05) is 18.2 Å². The predicted molar refractivity (Wildman–Crippen MR) is 121 cm³/mol. The van der Waals surface area contributed by atoms with Crippen molar-refractivity contribution in [2.24, 2.45) is 0 Å². The molecule has 1 aliphatic rings. The molecule has 0 radical (unpaired) electrons. The van der Waals surface area contributed by atoms with Gasteiger partial charge < -0.3 is 9.80 Å². The normalized spacial score (nSPS) is 14.2. The van der Waals surface area contributed by atoms with E-state index in [1.165, 1.54) is 12.1 Å². The number of anilines is 1. The van der Waals surface area contributed by atoms with Gasteiger partial charge in [-0.15, -0.1) is 0 Å². The van der Waals surface area contributed by atoms with E-state index in [0.29, 0.717) is 43.2 Å². The van der Waals surface area contributed by atoms with Crippen LogP contribution in [0.4, 0.5) is 10.2 Å². The third-order valence-electron chi connectivity index (χ3n) is 5.75. The molecule has 2 aromatic carbocycles. The number of piperazine rings is 1. The Bertz CT molecular complexity index is 1280. The van der Waals surface area contributed by atoms with E-state index in [9.17, 15) is 9.18 Å². The molecule has 0 N–H and O–H groups in total. The number of aryl methyl sites for hydroxylation is 2. The van der Waals surface area contributed by atoms with Crippen LogP contribution in [0.1, 0.15) is 21.9 Å². The van der Waals surface area contributed by atoms with Gasteiger partial charge >= 0.3 is 0 Å². The van der Waals surface area contributed by atoms with Crippen LogP contribution in [0.3, 0.4) is 0 Å². The van der Waals surface area contributed by atoms with E-state index in [0.717, 1.165) is 22.6 Å². The highest BCUT2D eigenvalue weighted by molar-refractivity contribution is 5.94. The van der Waals surface area contributed by atoms with Gasteiger partial charge in [0.15, 0.2) is 5.65 Å². The van der Waals surface area contributed by atoms with E-state index in [1.807, 2.05) is 49.1 Å². The number of hydrogen-bond acceptors (Lipinski definition) is 5. The number of aromatic nitrogens is 4. The van der Waals surface area contributed by atoms with Crippen LogP contribution in [0.2, 0.25) is 0 Å². The standard InChI is InChI=1S/C24H23FN6O/c1-16-21-22(29-12-14-30(15-13-29)24(32)18-6-4-3-5-7-18)26-17(2)27-23(21)31(28-16)20-10-8-19(25)9-11-20/h3-11H,12-15H2,1-2H3. The Balaban J connectivity index is 1.45. The monoisotopic (exact) mass is 430 g/mol. The van der Waals surface area contributed by atoms with Crippen LogP contribution < -0.4 is 4.90 Å². The first-order valence-corrected chi connectivity index (χ1v) is 10.6. The molecule has 0 unspecified atom stereocenters. The van der Waals surface area contributed by atoms with Gasteiger partial charge in [-0.2, -0.15) is 5.10 Å². The van der Waals surface area contributed by atoms with Crippen molar-refractivity contribution < 1.29 is 9.18 Å². The highest BCUT2D eigenvalue weighted by Gasteiger charge is 2.26. The lowest BCUT2D eigenvalue weighted by Crippen LogP contribution is -2.49. The Morgan fingerprint density at radius 3 is 2.28 bits per heavy atom. The van der Waals surface area contributed by atoms with Gasteiger partial charge in [-0.05, 0) is 50.2 Å². The Labute approximate surface area is 185 Å². The number of amides is 1. The molecular weight excluding hydrogens is 407 g/mol. The first kappa shape index (κ1) is 20.1. The molecule has 1 saturated heterocycles. The number of benzene rings is 2. The number of carbonyl (C=O) groups excluding carboxylic acids is 1. The summed E-state index contributed by atoms with van der Waals surface area (Å²) in [4.78, 5) is 26.2. The van der Waals surface area contributed by atoms with Crippen LogP contribution in [-0.2, 0) is 0 Å². The summed E-state index contributed by atoms with van der Waals surface area (Å²) in [5, 5.41) is 5.55. The highest BCUT2D eigenvalue weighted by atomic mass is 19.1. The summed E-state index contributed by atoms with van der Waals surface area (Å²) in [7, 11) is 0. The molecule has 4 aromatic rings. The molecule has 0 saturated carbocycles. The number of hydrogen-bond donors (Lipinski definition) is 0. The van der Waals surface area contributed by atoms with Crippen LogP contribution in [0, 0.1) is 19.7 Å². The second-order valence-electron chi connectivity index (χ2n) is 7.91. The van der Waals surface area contributed by atoms with Crippen molar-refractivity contribution in [3.8, 4) is 5.69 Å². The molecule has 1 aliphatic heterocycles. The SMILES string of the molecule is Cc1nc(N2CCN(C(=O)c3ccccc3)CC2)c2c(C)nn(-c3ccc(F)cc3)c2n1. The topological polar surface area (TPSA) is 67.2 Å². The molecule has 0 spiro atoms. The number of nitrogens with zero attached hydrogens (tertiary/aromatic N) is 6. The zero-order valence-corrected chi connectivity index (χ0v) is 18.0. The van der Waals surface area contributed by atoms with Gasteiger partial charge in [0.25, 0.3) is 5.91 Å². The third-order valence-corrected chi connectivity index (χ3v) is 5.75. The number of halogens is 1. The van der Waals surface area contributed by atoms with Crippen molar-refractivity contribution in [2.75, 3.05) is 31.1 Å². The van der Waals surface area contributed by atoms with Crippen molar-refractivity contribution in [1.29, 1.82) is 0 Å². The van der Waals surface area contributed by atoms with E-state index in [-0.39, 0.29) is 11.7 Å². The Kier molecular flexibility index (Phi) is 5.05. The third kappa shape index (κ3) is 3.57. The van der Waals surface area contributed by atoms with Gasteiger partial charge in [0, 0.05) is 31.7 Å². The van der Waals surface area contributed by atoms with Crippen LogP contribution >= 0.6 is 0 Å². The van der Waals surface area contributed by atoms with Crippen molar-refractivity contribution in [1.82, 2.24) is 24.6 Å². The molecule has 32 heavy (non-hydrogen) atoms. The van der Waals surface area contributed by atoms with E-state index in [2.05, 4.69) is 15.0 Å². The van der Waals surface area contributed by atoms with Crippen molar-refractivity contribution >= 4 is 22.8 Å². The lowest BCUT2D eigenvalue weighted by molar-refractivity contribution is 0.0746. The summed E-state index contributed by atoms with van der Waals surface area (Å²) in [5.41, 5.74) is 2.95. The molecule has 5 rings (SSSR count). The number of rotatable bonds is 3. The van der Waals surface area contributed by atoms with Crippen LogP contribution in [-0.4, -0.2) is 56.7 Å². The van der Waals surface area contributed by atoms with Crippen molar-refractivity contribution in [3.63, 3.8) is 0 Å². The fourth-order valence-corrected chi connectivity index (χ4v) is 4.14. The molecule has 1 fully saturated rings. The minimum atomic E-state index is -0.295. The zero-order chi connectivity index (χ0) is 22.2. The van der Waals surface area contributed by atoms with Crippen molar-refractivity contribution in [3.05, 3.63) is 77.5 Å². The molecule has 0 atom stereocenters. The lowest BCUT2D eigenvalue weighted by Gasteiger charge is -2.35. The average Bonchev–Trinajstić information content (AvgIpc) is 3.15. The van der Waals surface area contributed by atoms with Crippen LogP contribution in [0.5, 0.6) is 0 Å². The first-order valence-electron chi connectivity index (χ1n) is 10.6. The van der Waals surface area contributed by atoms with E-state index in [1.54, 1.807) is 16.8 Å². The van der Waals surface area contributed by atoms with Gasteiger partial charge in [-0.25, -0.2) is 19.0 Å². The maximum absolute atomic E-state index is 13.4. The predicted octanol–water partition coefficient (Wildman–Crippen LogP) is 3.53. The molecule has 3 heterocycles. The van der Waals surface area contributed by atoms with Crippen LogP contribution in [0.25, 0.3) is 16.7 Å². The number of fused-ring (bicyclic) bond motifs is 1. The second kappa shape index (κ2) is 8.03. The molecule has 8 heteroatoms. The van der Waals surface area contributed by atoms with Crippen LogP contribution in [0.15, 0.2) is 54.6 Å². The minimum absolute atomic E-state index is 0.0505. The summed E-state index contributed by atoms with van der Waals surface area (Å²) in [6.07, 6.45) is 0. The van der Waals surface area contributed by atoms with Crippen molar-refractivity contribution in [2.45, 2.75) is 13.8 Å². The maximum atomic E-state index is 13.4. The zero-order valence-electron chi connectivity index (χ0n) is 18.0. The molecule has 1 amide bonds. The lowest BCUT2D eigenvalue weighted by atomic mass is 10.1. The summed E-state index contributed by atoms with van der Waals surface area (Å²) in [6.45, 7) is 6.36. The number of carbonyl (C=O) groups is 1. The average molecular weight is 430 g/mol. The second-order valence-corrected chi connectivity index (χ2v) is 7.91. The summed E-state index contributed by atoms with van der Waals surface area (Å²) in [5.74, 6) is 1.22. The van der Waals surface area contributed by atoms with E-state index in [4.69, 9.17) is 4.98 Å². The van der Waals surface area contributed by atoms with Gasteiger partial charge in [0.1, 0.15) is 17.5 Å². The Morgan fingerprint density at radius 1 is 0.906 bits per heavy atom. The molecular formula is C24H23FN6O. The molecule has 162 valence electrons. The quantitative estimate of drug-likeness (QED) is 0.497. The molecule has 0 bridgehead atoms. The largest absolute Gasteiger partial charge is 0.352 e. The Morgan fingerprint density at radius 2 is 1.59 bits per heavy atom. The van der Waals surface area contributed by atoms with Gasteiger partial charge in [-0.3, -0.25) is 4.79 Å². The minimum Gasteiger partial charge on any atom is -0.352 e. The summed E-state index contributed by atoms with van der Waals surface area (Å²) < 4.78 is 15.1. The highest BCUT2D eigenvalue weighted by Crippen LogP contribution is 2.29.